The molecule has 1 aromatic rings. The molecular formula is C12H17FN2O5S. The van der Waals surface area contributed by atoms with E-state index in [2.05, 4.69) is 4.72 Å². The molecule has 1 unspecified atom stereocenters. The summed E-state index contributed by atoms with van der Waals surface area (Å²) in [5.41, 5.74) is -1.05. The van der Waals surface area contributed by atoms with Gasteiger partial charge in [-0.15, -0.1) is 0 Å². The van der Waals surface area contributed by atoms with Gasteiger partial charge in [0.05, 0.1) is 16.4 Å². The number of aryl methyl sites for hydroxylation is 1. The molecule has 0 saturated carbocycles. The molecule has 0 aliphatic heterocycles. The summed E-state index contributed by atoms with van der Waals surface area (Å²) >= 11 is 0. The Hall–Kier alpha value is -1.58. The monoisotopic (exact) mass is 320 g/mol. The molecule has 0 aliphatic rings. The number of rotatable bonds is 6. The number of hydrogen-bond acceptors (Lipinski definition) is 5. The lowest BCUT2D eigenvalue weighted by Crippen LogP contribution is -2.41. The van der Waals surface area contributed by atoms with Crippen molar-refractivity contribution in [3.8, 4) is 0 Å². The molecule has 1 rings (SSSR count). The van der Waals surface area contributed by atoms with Gasteiger partial charge >= 0.3 is 5.69 Å². The third-order valence-electron chi connectivity index (χ3n) is 3.02. The van der Waals surface area contributed by atoms with Gasteiger partial charge in [0.15, 0.2) is 0 Å². The highest BCUT2D eigenvalue weighted by Gasteiger charge is 2.26. The van der Waals surface area contributed by atoms with Crippen LogP contribution in [0.4, 0.5) is 10.1 Å². The number of aliphatic hydroxyl groups excluding tert-OH is 1. The maximum atomic E-state index is 13.6. The van der Waals surface area contributed by atoms with Crippen molar-refractivity contribution in [1.82, 2.24) is 4.72 Å². The normalized spacial score (nSPS) is 13.4. The molecule has 118 valence electrons. The van der Waals surface area contributed by atoms with Crippen molar-refractivity contribution in [3.63, 3.8) is 0 Å². The second-order valence-corrected chi connectivity index (χ2v) is 6.70. The molecule has 0 saturated heterocycles. The topological polar surface area (TPSA) is 110 Å². The number of halogens is 1. The zero-order chi connectivity index (χ0) is 16.4. The molecule has 0 fully saturated rings. The van der Waals surface area contributed by atoms with Crippen molar-refractivity contribution >= 4 is 15.7 Å². The first-order valence-electron chi connectivity index (χ1n) is 6.18. The molecule has 1 atom stereocenters. The molecule has 0 aliphatic carbocycles. The minimum Gasteiger partial charge on any atom is -0.395 e. The van der Waals surface area contributed by atoms with Crippen molar-refractivity contribution in [2.75, 3.05) is 6.61 Å². The summed E-state index contributed by atoms with van der Waals surface area (Å²) in [5.74, 6) is -1.25. The van der Waals surface area contributed by atoms with Crippen molar-refractivity contribution in [3.05, 3.63) is 33.6 Å². The quantitative estimate of drug-likeness (QED) is 0.607. The average Bonchev–Trinajstić information content (AvgIpc) is 2.38. The van der Waals surface area contributed by atoms with Gasteiger partial charge < -0.3 is 5.11 Å². The van der Waals surface area contributed by atoms with Crippen molar-refractivity contribution in [2.24, 2.45) is 5.92 Å². The Morgan fingerprint density at radius 3 is 2.43 bits per heavy atom. The van der Waals surface area contributed by atoms with Crippen LogP contribution in [0.5, 0.6) is 0 Å². The first-order valence-corrected chi connectivity index (χ1v) is 7.66. The third kappa shape index (κ3) is 3.96. The maximum absolute atomic E-state index is 13.6. The number of sulfonamides is 1. The van der Waals surface area contributed by atoms with Crippen molar-refractivity contribution < 1.29 is 22.8 Å². The molecular weight excluding hydrogens is 303 g/mol. The summed E-state index contributed by atoms with van der Waals surface area (Å²) in [5, 5.41) is 19.9. The molecule has 0 bridgehead atoms. The van der Waals surface area contributed by atoms with Gasteiger partial charge in [0.2, 0.25) is 15.8 Å². The highest BCUT2D eigenvalue weighted by Crippen LogP contribution is 2.25. The smallest absolute Gasteiger partial charge is 0.306 e. The minimum atomic E-state index is -4.09. The largest absolute Gasteiger partial charge is 0.395 e. The Bertz CT molecular complexity index is 645. The standard InChI is InChI=1S/C12H17FN2O5S/c1-7(2)10(6-16)14-21(19,20)9-4-8(3)12(13)11(5-9)15(17)18/h4-5,7,10,14,16H,6H2,1-3H3. The van der Waals surface area contributed by atoms with Gasteiger partial charge in [-0.05, 0) is 24.5 Å². The van der Waals surface area contributed by atoms with Crippen LogP contribution in [0.1, 0.15) is 19.4 Å². The number of hydrogen-bond donors (Lipinski definition) is 2. The second-order valence-electron chi connectivity index (χ2n) is 4.98. The van der Waals surface area contributed by atoms with Gasteiger partial charge in [-0.2, -0.15) is 4.39 Å². The molecule has 1 aromatic carbocycles. The SMILES string of the molecule is Cc1cc(S(=O)(=O)NC(CO)C(C)C)cc([N+](=O)[O-])c1F. The van der Waals surface area contributed by atoms with Gasteiger partial charge in [0.25, 0.3) is 0 Å². The number of aliphatic hydroxyl groups is 1. The van der Waals surface area contributed by atoms with E-state index >= 15 is 0 Å². The number of benzene rings is 1. The Labute approximate surface area is 122 Å². The van der Waals surface area contributed by atoms with E-state index in [0.717, 1.165) is 6.07 Å². The molecule has 0 spiro atoms. The van der Waals surface area contributed by atoms with Gasteiger partial charge in [-0.3, -0.25) is 10.1 Å². The fraction of sp³-hybridized carbons (Fsp3) is 0.500. The fourth-order valence-electron chi connectivity index (χ4n) is 1.66. The van der Waals surface area contributed by atoms with Gasteiger partial charge in [-0.25, -0.2) is 13.1 Å². The summed E-state index contributed by atoms with van der Waals surface area (Å²) in [6.07, 6.45) is 0. The number of nitro benzene ring substituents is 1. The van der Waals surface area contributed by atoms with Crippen LogP contribution in [0.2, 0.25) is 0 Å². The van der Waals surface area contributed by atoms with E-state index in [0.29, 0.717) is 6.07 Å². The predicted octanol–water partition coefficient (Wildman–Crippen LogP) is 1.34. The second kappa shape index (κ2) is 6.46. The van der Waals surface area contributed by atoms with E-state index in [1.807, 2.05) is 0 Å². The molecule has 21 heavy (non-hydrogen) atoms. The highest BCUT2D eigenvalue weighted by atomic mass is 32.2. The van der Waals surface area contributed by atoms with Crippen LogP contribution in [0.15, 0.2) is 17.0 Å². The van der Waals surface area contributed by atoms with Gasteiger partial charge in [0, 0.05) is 12.1 Å². The molecule has 0 radical (unpaired) electrons. The predicted molar refractivity (Wildman–Crippen MR) is 73.8 cm³/mol. The Kier molecular flexibility index (Phi) is 5.37. The Balaban J connectivity index is 3.29. The van der Waals surface area contributed by atoms with Crippen LogP contribution in [-0.2, 0) is 10.0 Å². The summed E-state index contributed by atoms with van der Waals surface area (Å²) in [6.45, 7) is 4.25. The number of nitrogens with one attached hydrogen (secondary N) is 1. The third-order valence-corrected chi connectivity index (χ3v) is 4.49. The van der Waals surface area contributed by atoms with E-state index in [1.54, 1.807) is 13.8 Å². The van der Waals surface area contributed by atoms with Crippen molar-refractivity contribution in [1.29, 1.82) is 0 Å². The first-order chi connectivity index (χ1) is 9.60. The summed E-state index contributed by atoms with van der Waals surface area (Å²) < 4.78 is 40.2. The lowest BCUT2D eigenvalue weighted by atomic mass is 10.1. The van der Waals surface area contributed by atoms with Crippen LogP contribution < -0.4 is 4.72 Å². The zero-order valence-electron chi connectivity index (χ0n) is 11.8. The number of nitrogens with zero attached hydrogens (tertiary/aromatic N) is 1. The minimum absolute atomic E-state index is 0.144. The van der Waals surface area contributed by atoms with Crippen LogP contribution in [0.3, 0.4) is 0 Å². The number of nitro groups is 1. The summed E-state index contributed by atoms with van der Waals surface area (Å²) in [6, 6.07) is 0.943. The van der Waals surface area contributed by atoms with E-state index < -0.39 is 44.0 Å². The van der Waals surface area contributed by atoms with Crippen LogP contribution in [0.25, 0.3) is 0 Å². The molecule has 0 aromatic heterocycles. The van der Waals surface area contributed by atoms with Crippen LogP contribution in [-0.4, -0.2) is 31.1 Å². The molecule has 7 nitrogen and oxygen atoms in total. The van der Waals surface area contributed by atoms with E-state index in [-0.39, 0.29) is 11.5 Å². The highest BCUT2D eigenvalue weighted by molar-refractivity contribution is 7.89. The van der Waals surface area contributed by atoms with Crippen LogP contribution in [0, 0.1) is 28.8 Å². The maximum Gasteiger partial charge on any atom is 0.306 e. The zero-order valence-corrected chi connectivity index (χ0v) is 12.6. The van der Waals surface area contributed by atoms with Gasteiger partial charge in [-0.1, -0.05) is 13.8 Å². The molecule has 9 heteroatoms. The first kappa shape index (κ1) is 17.5. The van der Waals surface area contributed by atoms with E-state index in [9.17, 15) is 22.9 Å². The lowest BCUT2D eigenvalue weighted by molar-refractivity contribution is -0.387. The molecule has 2 N–H and O–H groups in total. The Morgan fingerprint density at radius 2 is 2.00 bits per heavy atom. The Morgan fingerprint density at radius 1 is 1.43 bits per heavy atom. The van der Waals surface area contributed by atoms with Crippen molar-refractivity contribution in [2.45, 2.75) is 31.7 Å². The van der Waals surface area contributed by atoms with Gasteiger partial charge in [0.1, 0.15) is 0 Å². The lowest BCUT2D eigenvalue weighted by Gasteiger charge is -2.20. The summed E-state index contributed by atoms with van der Waals surface area (Å²) in [7, 11) is -4.09. The average molecular weight is 320 g/mol. The summed E-state index contributed by atoms with van der Waals surface area (Å²) in [4.78, 5) is 9.36. The molecule has 0 heterocycles. The fourth-order valence-corrected chi connectivity index (χ4v) is 3.14. The van der Waals surface area contributed by atoms with Crippen LogP contribution >= 0.6 is 0 Å². The van der Waals surface area contributed by atoms with E-state index in [1.165, 1.54) is 6.92 Å². The van der Waals surface area contributed by atoms with E-state index in [4.69, 9.17) is 5.11 Å². The molecule has 0 amide bonds.